The minimum atomic E-state index is 0.732. The highest BCUT2D eigenvalue weighted by atomic mass is 15.3. The molecule has 1 heterocycles. The molecule has 2 aromatic rings. The summed E-state index contributed by atoms with van der Waals surface area (Å²) >= 11 is 0. The molecular formula is C11H14N4. The van der Waals surface area contributed by atoms with Crippen LogP contribution in [0.15, 0.2) is 30.3 Å². The molecule has 0 fully saturated rings. The lowest BCUT2D eigenvalue weighted by molar-refractivity contribution is 0.709. The van der Waals surface area contributed by atoms with E-state index in [2.05, 4.69) is 15.5 Å². The molecule has 0 radical (unpaired) electrons. The van der Waals surface area contributed by atoms with Crippen LogP contribution in [0.2, 0.25) is 0 Å². The van der Waals surface area contributed by atoms with Crippen molar-refractivity contribution in [2.45, 2.75) is 6.54 Å². The van der Waals surface area contributed by atoms with E-state index in [1.807, 2.05) is 49.0 Å². The molecule has 15 heavy (non-hydrogen) atoms. The van der Waals surface area contributed by atoms with Crippen molar-refractivity contribution in [3.63, 3.8) is 0 Å². The van der Waals surface area contributed by atoms with Gasteiger partial charge in [-0.2, -0.15) is 0 Å². The van der Waals surface area contributed by atoms with Crippen molar-refractivity contribution in [1.82, 2.24) is 20.1 Å². The second kappa shape index (κ2) is 4.23. The molecule has 0 unspecified atom stereocenters. The zero-order valence-corrected chi connectivity index (χ0v) is 8.94. The molecule has 1 aromatic carbocycles. The number of rotatable bonds is 3. The molecule has 1 N–H and O–H groups in total. The molecular weight excluding hydrogens is 188 g/mol. The first-order valence-electron chi connectivity index (χ1n) is 4.91. The third-order valence-corrected chi connectivity index (χ3v) is 2.33. The topological polar surface area (TPSA) is 42.7 Å². The first-order valence-corrected chi connectivity index (χ1v) is 4.91. The molecule has 0 saturated heterocycles. The van der Waals surface area contributed by atoms with Crippen LogP contribution in [0.1, 0.15) is 5.82 Å². The van der Waals surface area contributed by atoms with Crippen molar-refractivity contribution in [2.75, 3.05) is 7.05 Å². The van der Waals surface area contributed by atoms with Crippen LogP contribution in [-0.2, 0) is 13.6 Å². The molecule has 2 rings (SSSR count). The second-order valence-corrected chi connectivity index (χ2v) is 3.40. The Labute approximate surface area is 89.0 Å². The highest BCUT2D eigenvalue weighted by molar-refractivity contribution is 5.54. The van der Waals surface area contributed by atoms with E-state index in [0.29, 0.717) is 0 Å². The number of aromatic nitrogens is 3. The summed E-state index contributed by atoms with van der Waals surface area (Å²) in [6.45, 7) is 0.732. The van der Waals surface area contributed by atoms with Gasteiger partial charge in [-0.3, -0.25) is 0 Å². The Bertz CT molecular complexity index is 433. The average Bonchev–Trinajstić information content (AvgIpc) is 2.63. The zero-order chi connectivity index (χ0) is 10.7. The first-order chi connectivity index (χ1) is 7.33. The minimum absolute atomic E-state index is 0.732. The van der Waals surface area contributed by atoms with E-state index in [0.717, 1.165) is 23.8 Å². The van der Waals surface area contributed by atoms with Crippen LogP contribution in [-0.4, -0.2) is 21.8 Å². The Kier molecular flexibility index (Phi) is 2.78. The van der Waals surface area contributed by atoms with Gasteiger partial charge in [0.25, 0.3) is 0 Å². The molecule has 0 bridgehead atoms. The van der Waals surface area contributed by atoms with E-state index in [4.69, 9.17) is 0 Å². The molecule has 0 aliphatic heterocycles. The monoisotopic (exact) mass is 202 g/mol. The van der Waals surface area contributed by atoms with Crippen molar-refractivity contribution in [2.24, 2.45) is 7.05 Å². The minimum Gasteiger partial charge on any atom is -0.313 e. The van der Waals surface area contributed by atoms with Crippen LogP contribution in [0, 0.1) is 0 Å². The predicted octanol–water partition coefficient (Wildman–Crippen LogP) is 1.20. The van der Waals surface area contributed by atoms with E-state index in [-0.39, 0.29) is 0 Å². The fraction of sp³-hybridized carbons (Fsp3) is 0.273. The van der Waals surface area contributed by atoms with Gasteiger partial charge >= 0.3 is 0 Å². The SMILES string of the molecule is CNCc1nnc(-c2ccccc2)n1C. The Hall–Kier alpha value is -1.68. The standard InChI is InChI=1S/C11H14N4/c1-12-8-10-13-14-11(15(10)2)9-6-4-3-5-7-9/h3-7,12H,8H2,1-2H3. The first kappa shape index (κ1) is 9.86. The van der Waals surface area contributed by atoms with Gasteiger partial charge in [0, 0.05) is 12.6 Å². The molecule has 1 aromatic heterocycles. The van der Waals surface area contributed by atoms with Gasteiger partial charge in [-0.15, -0.1) is 10.2 Å². The third-order valence-electron chi connectivity index (χ3n) is 2.33. The van der Waals surface area contributed by atoms with Crippen molar-refractivity contribution in [3.8, 4) is 11.4 Å². The number of nitrogens with one attached hydrogen (secondary N) is 1. The summed E-state index contributed by atoms with van der Waals surface area (Å²) in [6, 6.07) is 10.1. The van der Waals surface area contributed by atoms with E-state index >= 15 is 0 Å². The van der Waals surface area contributed by atoms with Crippen LogP contribution >= 0.6 is 0 Å². The number of hydrogen-bond acceptors (Lipinski definition) is 3. The maximum atomic E-state index is 4.18. The summed E-state index contributed by atoms with van der Waals surface area (Å²) < 4.78 is 2.01. The zero-order valence-electron chi connectivity index (χ0n) is 8.94. The summed E-state index contributed by atoms with van der Waals surface area (Å²) in [7, 11) is 3.88. The van der Waals surface area contributed by atoms with Gasteiger partial charge in [-0.25, -0.2) is 0 Å². The molecule has 0 amide bonds. The van der Waals surface area contributed by atoms with Crippen molar-refractivity contribution >= 4 is 0 Å². The Morgan fingerprint density at radius 1 is 1.20 bits per heavy atom. The van der Waals surface area contributed by atoms with E-state index in [1.54, 1.807) is 0 Å². The number of nitrogens with zero attached hydrogens (tertiary/aromatic N) is 3. The van der Waals surface area contributed by atoms with Gasteiger partial charge < -0.3 is 9.88 Å². The third kappa shape index (κ3) is 1.89. The maximum absolute atomic E-state index is 4.18. The van der Waals surface area contributed by atoms with Gasteiger partial charge in [0.1, 0.15) is 5.82 Å². The lowest BCUT2D eigenvalue weighted by atomic mass is 10.2. The van der Waals surface area contributed by atoms with Crippen molar-refractivity contribution in [3.05, 3.63) is 36.2 Å². The highest BCUT2D eigenvalue weighted by Crippen LogP contribution is 2.16. The smallest absolute Gasteiger partial charge is 0.163 e. The molecule has 0 atom stereocenters. The molecule has 4 heteroatoms. The molecule has 0 spiro atoms. The summed E-state index contributed by atoms with van der Waals surface area (Å²) in [5, 5.41) is 11.4. The Morgan fingerprint density at radius 2 is 1.93 bits per heavy atom. The lowest BCUT2D eigenvalue weighted by Crippen LogP contribution is -2.10. The van der Waals surface area contributed by atoms with Gasteiger partial charge in [0.2, 0.25) is 0 Å². The summed E-state index contributed by atoms with van der Waals surface area (Å²) in [5.74, 6) is 1.84. The lowest BCUT2D eigenvalue weighted by Gasteiger charge is -2.02. The summed E-state index contributed by atoms with van der Waals surface area (Å²) in [4.78, 5) is 0. The second-order valence-electron chi connectivity index (χ2n) is 3.40. The van der Waals surface area contributed by atoms with Gasteiger partial charge in [-0.1, -0.05) is 30.3 Å². The van der Waals surface area contributed by atoms with Crippen LogP contribution in [0.3, 0.4) is 0 Å². The molecule has 0 saturated carbocycles. The quantitative estimate of drug-likeness (QED) is 0.813. The molecule has 4 nitrogen and oxygen atoms in total. The van der Waals surface area contributed by atoms with Crippen LogP contribution in [0.25, 0.3) is 11.4 Å². The van der Waals surface area contributed by atoms with Crippen LogP contribution in [0.5, 0.6) is 0 Å². The van der Waals surface area contributed by atoms with Crippen LogP contribution < -0.4 is 5.32 Å². The Morgan fingerprint density at radius 3 is 2.60 bits per heavy atom. The van der Waals surface area contributed by atoms with E-state index < -0.39 is 0 Å². The fourth-order valence-corrected chi connectivity index (χ4v) is 1.51. The predicted molar refractivity (Wildman–Crippen MR) is 59.2 cm³/mol. The van der Waals surface area contributed by atoms with Crippen molar-refractivity contribution < 1.29 is 0 Å². The van der Waals surface area contributed by atoms with E-state index in [1.165, 1.54) is 0 Å². The number of benzene rings is 1. The largest absolute Gasteiger partial charge is 0.313 e. The van der Waals surface area contributed by atoms with Gasteiger partial charge in [0.05, 0.1) is 6.54 Å². The number of hydrogen-bond donors (Lipinski definition) is 1. The van der Waals surface area contributed by atoms with E-state index in [9.17, 15) is 0 Å². The fourth-order valence-electron chi connectivity index (χ4n) is 1.51. The summed E-state index contributed by atoms with van der Waals surface area (Å²) in [6.07, 6.45) is 0. The van der Waals surface area contributed by atoms with Gasteiger partial charge in [-0.05, 0) is 7.05 Å². The van der Waals surface area contributed by atoms with Crippen LogP contribution in [0.4, 0.5) is 0 Å². The maximum Gasteiger partial charge on any atom is 0.163 e. The van der Waals surface area contributed by atoms with Crippen molar-refractivity contribution in [1.29, 1.82) is 0 Å². The molecule has 0 aliphatic carbocycles. The molecule has 0 aliphatic rings. The normalized spacial score (nSPS) is 10.5. The Balaban J connectivity index is 2.38. The average molecular weight is 202 g/mol. The molecule has 78 valence electrons. The highest BCUT2D eigenvalue weighted by Gasteiger charge is 2.08. The van der Waals surface area contributed by atoms with Gasteiger partial charge in [0.15, 0.2) is 5.82 Å². The summed E-state index contributed by atoms with van der Waals surface area (Å²) in [5.41, 5.74) is 1.09.